The zero-order valence-corrected chi connectivity index (χ0v) is 21.3. The molecule has 0 radical (unpaired) electrons. The fourth-order valence-electron chi connectivity index (χ4n) is 3.18. The van der Waals surface area contributed by atoms with Crippen LogP contribution in [0, 0.1) is 0 Å². The Hall–Kier alpha value is -3.40. The lowest BCUT2D eigenvalue weighted by molar-refractivity contribution is -0.116. The zero-order valence-electron chi connectivity index (χ0n) is 20.5. The van der Waals surface area contributed by atoms with Crippen LogP contribution >= 0.6 is 11.8 Å². The summed E-state index contributed by atoms with van der Waals surface area (Å²) in [7, 11) is 1.64. The van der Waals surface area contributed by atoms with E-state index in [1.165, 1.54) is 0 Å². The van der Waals surface area contributed by atoms with E-state index in [-0.39, 0.29) is 17.8 Å². The number of anilines is 1. The predicted molar refractivity (Wildman–Crippen MR) is 135 cm³/mol. The summed E-state index contributed by atoms with van der Waals surface area (Å²) in [6.07, 6.45) is 1.05. The lowest BCUT2D eigenvalue weighted by Gasteiger charge is -2.16. The van der Waals surface area contributed by atoms with Crippen LogP contribution in [0.2, 0.25) is 0 Å². The average molecular weight is 502 g/mol. The van der Waals surface area contributed by atoms with Crippen molar-refractivity contribution in [2.75, 3.05) is 38.0 Å². The van der Waals surface area contributed by atoms with Crippen LogP contribution in [-0.2, 0) is 4.79 Å². The van der Waals surface area contributed by atoms with Crippen molar-refractivity contribution >= 4 is 23.7 Å². The van der Waals surface area contributed by atoms with E-state index >= 15 is 0 Å². The van der Waals surface area contributed by atoms with Gasteiger partial charge in [0, 0.05) is 16.9 Å². The van der Waals surface area contributed by atoms with Gasteiger partial charge in [0.25, 0.3) is 0 Å². The largest absolute Gasteiger partial charge is 0.497 e. The molecule has 0 atom stereocenters. The monoisotopic (exact) mass is 501 g/mol. The number of amides is 1. The summed E-state index contributed by atoms with van der Waals surface area (Å²) in [5, 5.41) is 10.7. The number of nitrogens with one attached hydrogen (secondary N) is 1. The molecule has 35 heavy (non-hydrogen) atoms. The summed E-state index contributed by atoms with van der Waals surface area (Å²) in [4.78, 5) is 13.5. The van der Waals surface area contributed by atoms with Gasteiger partial charge in [-0.3, -0.25) is 10.1 Å². The molecule has 1 N–H and O–H groups in total. The second-order valence-corrected chi connectivity index (χ2v) is 8.36. The minimum atomic E-state index is -0.188. The van der Waals surface area contributed by atoms with Gasteiger partial charge in [0.1, 0.15) is 5.75 Å². The highest BCUT2D eigenvalue weighted by Gasteiger charge is 2.19. The van der Waals surface area contributed by atoms with Gasteiger partial charge in [-0.15, -0.1) is 16.9 Å². The van der Waals surface area contributed by atoms with Gasteiger partial charge >= 0.3 is 6.01 Å². The molecule has 0 saturated heterocycles. The van der Waals surface area contributed by atoms with Crippen LogP contribution in [0.5, 0.6) is 23.0 Å². The molecular weight excluding hydrogens is 470 g/mol. The molecule has 1 aromatic heterocycles. The molecule has 0 unspecified atom stereocenters. The predicted octanol–water partition coefficient (Wildman–Crippen LogP) is 5.45. The highest BCUT2D eigenvalue weighted by Crippen LogP contribution is 2.41. The molecule has 0 aliphatic heterocycles. The molecule has 1 heterocycles. The van der Waals surface area contributed by atoms with Crippen LogP contribution in [-0.4, -0.2) is 48.8 Å². The van der Waals surface area contributed by atoms with Gasteiger partial charge < -0.3 is 23.4 Å². The molecule has 0 fully saturated rings. The molecule has 1 amide bonds. The number of benzene rings is 2. The van der Waals surface area contributed by atoms with Gasteiger partial charge in [-0.05, 0) is 69.3 Å². The SMILES string of the molecule is CCOc1cc(-c2nnc(NC(=O)CCCSc3ccc(OC)cc3)o2)cc(OCC)c1OCC. The topological polar surface area (TPSA) is 105 Å². The number of carbonyl (C=O) groups excluding carboxylic acids is 1. The molecule has 188 valence electrons. The van der Waals surface area contributed by atoms with E-state index in [9.17, 15) is 4.79 Å². The second kappa shape index (κ2) is 13.5. The maximum atomic E-state index is 12.3. The summed E-state index contributed by atoms with van der Waals surface area (Å²) in [6.45, 7) is 7.05. The third kappa shape index (κ3) is 7.54. The molecule has 0 bridgehead atoms. The standard InChI is InChI=1S/C25H31N3O6S/c1-5-31-20-15-17(16-21(32-6-2)23(20)33-7-3)24-27-28-25(34-24)26-22(29)9-8-14-35-19-12-10-18(30-4)11-13-19/h10-13,15-16H,5-9,14H2,1-4H3,(H,26,28,29). The molecule has 0 aliphatic rings. The highest BCUT2D eigenvalue weighted by atomic mass is 32.2. The van der Waals surface area contributed by atoms with Crippen molar-refractivity contribution in [2.45, 2.75) is 38.5 Å². The number of rotatable bonds is 14. The summed E-state index contributed by atoms with van der Waals surface area (Å²) >= 11 is 1.68. The van der Waals surface area contributed by atoms with Gasteiger partial charge in [0.15, 0.2) is 11.5 Å². The van der Waals surface area contributed by atoms with Crippen LogP contribution in [0.25, 0.3) is 11.5 Å². The molecule has 0 spiro atoms. The number of carbonyl (C=O) groups is 1. The van der Waals surface area contributed by atoms with E-state index < -0.39 is 0 Å². The van der Waals surface area contributed by atoms with Crippen molar-refractivity contribution < 1.29 is 28.2 Å². The highest BCUT2D eigenvalue weighted by molar-refractivity contribution is 7.99. The lowest BCUT2D eigenvalue weighted by Crippen LogP contribution is -2.11. The fourth-order valence-corrected chi connectivity index (χ4v) is 4.03. The number of nitrogens with zero attached hydrogens (tertiary/aromatic N) is 2. The Morgan fingerprint density at radius 2 is 1.63 bits per heavy atom. The minimum Gasteiger partial charge on any atom is -0.497 e. The first-order valence-electron chi connectivity index (χ1n) is 11.5. The van der Waals surface area contributed by atoms with E-state index in [0.717, 1.165) is 16.4 Å². The van der Waals surface area contributed by atoms with E-state index in [2.05, 4.69) is 15.5 Å². The molecule has 0 aliphatic carbocycles. The van der Waals surface area contributed by atoms with Crippen molar-refractivity contribution in [1.82, 2.24) is 10.2 Å². The smallest absolute Gasteiger partial charge is 0.322 e. The van der Waals surface area contributed by atoms with E-state index in [1.54, 1.807) is 31.0 Å². The van der Waals surface area contributed by atoms with Crippen molar-refractivity contribution in [3.05, 3.63) is 36.4 Å². The van der Waals surface area contributed by atoms with E-state index in [1.807, 2.05) is 45.0 Å². The molecule has 3 aromatic rings. The molecule has 2 aromatic carbocycles. The Morgan fingerprint density at radius 1 is 0.971 bits per heavy atom. The molecule has 0 saturated carbocycles. The van der Waals surface area contributed by atoms with Gasteiger partial charge in [0.2, 0.25) is 17.5 Å². The Bertz CT molecular complexity index is 1060. The normalized spacial score (nSPS) is 10.6. The van der Waals surface area contributed by atoms with Crippen molar-refractivity contribution in [3.8, 4) is 34.5 Å². The van der Waals surface area contributed by atoms with E-state index in [4.69, 9.17) is 23.4 Å². The van der Waals surface area contributed by atoms with Gasteiger partial charge in [-0.1, -0.05) is 5.10 Å². The number of methoxy groups -OCH3 is 1. The Balaban J connectivity index is 1.59. The van der Waals surface area contributed by atoms with E-state index in [0.29, 0.717) is 55.5 Å². The number of ether oxygens (including phenoxy) is 4. The van der Waals surface area contributed by atoms with Crippen molar-refractivity contribution in [1.29, 1.82) is 0 Å². The van der Waals surface area contributed by atoms with Gasteiger partial charge in [-0.25, -0.2) is 0 Å². The van der Waals surface area contributed by atoms with Crippen LogP contribution in [0.3, 0.4) is 0 Å². The second-order valence-electron chi connectivity index (χ2n) is 7.19. The first kappa shape index (κ1) is 26.2. The minimum absolute atomic E-state index is 0.0395. The first-order valence-corrected chi connectivity index (χ1v) is 12.5. The lowest BCUT2D eigenvalue weighted by atomic mass is 10.2. The average Bonchev–Trinajstić information content (AvgIpc) is 3.32. The van der Waals surface area contributed by atoms with Crippen molar-refractivity contribution in [2.24, 2.45) is 0 Å². The Kier molecular flexibility index (Phi) is 10.1. The number of hydrogen-bond acceptors (Lipinski definition) is 9. The Labute approximate surface area is 209 Å². The number of hydrogen-bond donors (Lipinski definition) is 1. The van der Waals surface area contributed by atoms with Crippen LogP contribution < -0.4 is 24.3 Å². The number of thioether (sulfide) groups is 1. The maximum Gasteiger partial charge on any atom is 0.322 e. The number of aromatic nitrogens is 2. The van der Waals surface area contributed by atoms with Gasteiger partial charge in [-0.2, -0.15) is 0 Å². The summed E-state index contributed by atoms with van der Waals surface area (Å²) in [5.41, 5.74) is 0.601. The summed E-state index contributed by atoms with van der Waals surface area (Å²) in [5.74, 6) is 3.25. The van der Waals surface area contributed by atoms with Crippen LogP contribution in [0.4, 0.5) is 6.01 Å². The molecular formula is C25H31N3O6S. The summed E-state index contributed by atoms with van der Waals surface area (Å²) < 4.78 is 28.0. The van der Waals surface area contributed by atoms with Crippen molar-refractivity contribution in [3.63, 3.8) is 0 Å². The first-order chi connectivity index (χ1) is 17.1. The Morgan fingerprint density at radius 3 is 2.23 bits per heavy atom. The molecule has 3 rings (SSSR count). The maximum absolute atomic E-state index is 12.3. The van der Waals surface area contributed by atoms with Crippen LogP contribution in [0.1, 0.15) is 33.6 Å². The third-order valence-corrected chi connectivity index (χ3v) is 5.80. The fraction of sp³-hybridized carbons (Fsp3) is 0.400. The molecule has 9 nitrogen and oxygen atoms in total. The zero-order chi connectivity index (χ0) is 25.0. The van der Waals surface area contributed by atoms with Crippen LogP contribution in [0.15, 0.2) is 45.7 Å². The molecule has 10 heteroatoms. The summed E-state index contributed by atoms with van der Waals surface area (Å²) in [6, 6.07) is 11.4. The third-order valence-electron chi connectivity index (χ3n) is 4.70. The quantitative estimate of drug-likeness (QED) is 0.228. The van der Waals surface area contributed by atoms with Gasteiger partial charge in [0.05, 0.1) is 26.9 Å².